The predicted molar refractivity (Wildman–Crippen MR) is 89.3 cm³/mol. The highest BCUT2D eigenvalue weighted by molar-refractivity contribution is 7.09. The first kappa shape index (κ1) is 15.6. The number of aromatic nitrogens is 2. The van der Waals surface area contributed by atoms with Gasteiger partial charge in [0, 0.05) is 18.2 Å². The molecule has 0 spiro atoms. The maximum absolute atomic E-state index is 12.4. The molecule has 2 N–H and O–H groups in total. The molecule has 2 heterocycles. The van der Waals surface area contributed by atoms with E-state index in [0.29, 0.717) is 22.0 Å². The lowest BCUT2D eigenvalue weighted by Gasteiger charge is -2.10. The molecule has 0 saturated heterocycles. The van der Waals surface area contributed by atoms with Crippen LogP contribution in [0.2, 0.25) is 0 Å². The quantitative estimate of drug-likeness (QED) is 0.883. The second-order valence-electron chi connectivity index (χ2n) is 5.84. The molecule has 0 aromatic carbocycles. The Bertz CT molecular complexity index is 723. The van der Waals surface area contributed by atoms with E-state index in [9.17, 15) is 9.59 Å². The van der Waals surface area contributed by atoms with Crippen molar-refractivity contribution in [3.63, 3.8) is 0 Å². The lowest BCUT2D eigenvalue weighted by molar-refractivity contribution is -0.117. The minimum atomic E-state index is -0.231. The molecule has 0 radical (unpaired) electrons. The Kier molecular flexibility index (Phi) is 4.38. The molecule has 1 aliphatic carbocycles. The molecule has 0 bridgehead atoms. The smallest absolute Gasteiger partial charge is 0.265 e. The van der Waals surface area contributed by atoms with Gasteiger partial charge in [-0.3, -0.25) is 14.6 Å². The van der Waals surface area contributed by atoms with Gasteiger partial charge in [-0.1, -0.05) is 6.07 Å². The molecule has 3 rings (SSSR count). The van der Waals surface area contributed by atoms with Crippen molar-refractivity contribution >= 4 is 29.0 Å². The van der Waals surface area contributed by atoms with E-state index in [1.165, 1.54) is 0 Å². The number of hydrogen-bond donors (Lipinski definition) is 2. The Morgan fingerprint density at radius 2 is 2.09 bits per heavy atom. The van der Waals surface area contributed by atoms with Crippen LogP contribution >= 0.6 is 11.5 Å². The summed E-state index contributed by atoms with van der Waals surface area (Å²) in [4.78, 5) is 29.2. The number of nitrogens with zero attached hydrogens (tertiary/aromatic N) is 2. The van der Waals surface area contributed by atoms with Gasteiger partial charge in [0.05, 0.1) is 11.4 Å². The second kappa shape index (κ2) is 6.45. The van der Waals surface area contributed by atoms with E-state index < -0.39 is 0 Å². The van der Waals surface area contributed by atoms with E-state index in [0.717, 1.165) is 24.4 Å². The van der Waals surface area contributed by atoms with Gasteiger partial charge in [0.2, 0.25) is 5.91 Å². The van der Waals surface area contributed by atoms with Crippen molar-refractivity contribution in [3.05, 3.63) is 29.3 Å². The molecule has 2 aromatic heterocycles. The fraction of sp³-hybridized carbons (Fsp3) is 0.375. The Hall–Kier alpha value is -2.28. The highest BCUT2D eigenvalue weighted by Crippen LogP contribution is 2.35. The van der Waals surface area contributed by atoms with E-state index in [2.05, 4.69) is 20.0 Å². The van der Waals surface area contributed by atoms with Crippen molar-refractivity contribution in [3.8, 4) is 11.4 Å². The number of pyridine rings is 1. The molecule has 120 valence electrons. The molecule has 1 saturated carbocycles. The topological polar surface area (TPSA) is 84.0 Å². The van der Waals surface area contributed by atoms with Gasteiger partial charge in [-0.2, -0.15) is 4.37 Å². The average Bonchev–Trinajstić information content (AvgIpc) is 3.29. The van der Waals surface area contributed by atoms with Gasteiger partial charge in [0.15, 0.2) is 0 Å². The summed E-state index contributed by atoms with van der Waals surface area (Å²) in [7, 11) is 0. The molecular formula is C16H18N4O2S. The van der Waals surface area contributed by atoms with Gasteiger partial charge in [0.1, 0.15) is 10.6 Å². The second-order valence-corrected chi connectivity index (χ2v) is 6.62. The number of amides is 2. The summed E-state index contributed by atoms with van der Waals surface area (Å²) in [6, 6.07) is 5.48. The summed E-state index contributed by atoms with van der Waals surface area (Å²) in [6.45, 7) is 3.78. The third-order valence-electron chi connectivity index (χ3n) is 3.42. The molecule has 6 nitrogen and oxygen atoms in total. The highest BCUT2D eigenvalue weighted by Gasteiger charge is 2.32. The third kappa shape index (κ3) is 3.56. The first-order valence-corrected chi connectivity index (χ1v) is 8.36. The fourth-order valence-electron chi connectivity index (χ4n) is 2.14. The summed E-state index contributed by atoms with van der Waals surface area (Å²) in [6.07, 6.45) is 3.46. The summed E-state index contributed by atoms with van der Waals surface area (Å²) in [5, 5.41) is 5.72. The zero-order valence-electron chi connectivity index (χ0n) is 13.0. The summed E-state index contributed by atoms with van der Waals surface area (Å²) in [5.74, 6) is -0.237. The molecule has 0 unspecified atom stereocenters. The molecule has 2 aromatic rings. The molecule has 1 aliphatic rings. The Balaban J connectivity index is 1.97. The van der Waals surface area contributed by atoms with Crippen LogP contribution in [0.5, 0.6) is 0 Å². The maximum atomic E-state index is 12.4. The first-order chi connectivity index (χ1) is 11.1. The van der Waals surface area contributed by atoms with Crippen LogP contribution in [0.1, 0.15) is 36.4 Å². The van der Waals surface area contributed by atoms with E-state index in [1.54, 1.807) is 6.20 Å². The minimum Gasteiger partial charge on any atom is -0.349 e. The van der Waals surface area contributed by atoms with Crippen LogP contribution < -0.4 is 10.6 Å². The molecule has 2 amide bonds. The van der Waals surface area contributed by atoms with Gasteiger partial charge < -0.3 is 10.6 Å². The Morgan fingerprint density at radius 3 is 2.70 bits per heavy atom. The number of anilines is 1. The number of carbonyl (C=O) groups excluding carboxylic acids is 2. The lowest BCUT2D eigenvalue weighted by Crippen LogP contribution is -2.30. The van der Waals surface area contributed by atoms with Crippen LogP contribution in [0.15, 0.2) is 24.4 Å². The zero-order chi connectivity index (χ0) is 16.4. The van der Waals surface area contributed by atoms with Crippen LogP contribution in [0.3, 0.4) is 0 Å². The number of nitrogens with one attached hydrogen (secondary N) is 2. The summed E-state index contributed by atoms with van der Waals surface area (Å²) >= 11 is 1.08. The van der Waals surface area contributed by atoms with E-state index in [4.69, 9.17) is 0 Å². The van der Waals surface area contributed by atoms with Crippen LogP contribution in [0.25, 0.3) is 11.4 Å². The average molecular weight is 330 g/mol. The van der Waals surface area contributed by atoms with Crippen LogP contribution in [-0.2, 0) is 4.79 Å². The van der Waals surface area contributed by atoms with Gasteiger partial charge in [-0.05, 0) is 50.4 Å². The van der Waals surface area contributed by atoms with Gasteiger partial charge >= 0.3 is 0 Å². The Morgan fingerprint density at radius 1 is 1.30 bits per heavy atom. The van der Waals surface area contributed by atoms with Gasteiger partial charge in [-0.15, -0.1) is 0 Å². The van der Waals surface area contributed by atoms with Crippen LogP contribution in [0, 0.1) is 5.92 Å². The first-order valence-electron chi connectivity index (χ1n) is 7.59. The molecule has 0 aliphatic heterocycles. The molecule has 1 fully saturated rings. The van der Waals surface area contributed by atoms with E-state index in [-0.39, 0.29) is 23.8 Å². The molecular weight excluding hydrogens is 312 g/mol. The standard InChI is InChI=1S/C16H18N4O2S/c1-9(2)18-16(22)14-13(19-15(21)10-6-7-10)12(20-23-14)11-5-3-4-8-17-11/h3-5,8-10H,6-7H2,1-2H3,(H,18,22)(H,19,21). The van der Waals surface area contributed by atoms with Gasteiger partial charge in [-0.25, -0.2) is 0 Å². The van der Waals surface area contributed by atoms with Gasteiger partial charge in [0.25, 0.3) is 5.91 Å². The Labute approximate surface area is 138 Å². The van der Waals surface area contributed by atoms with Crippen molar-refractivity contribution in [2.45, 2.75) is 32.7 Å². The number of carbonyl (C=O) groups is 2. The summed E-state index contributed by atoms with van der Waals surface area (Å²) < 4.78 is 4.35. The van der Waals surface area contributed by atoms with Crippen molar-refractivity contribution in [1.82, 2.24) is 14.7 Å². The third-order valence-corrected chi connectivity index (χ3v) is 4.27. The number of rotatable bonds is 5. The van der Waals surface area contributed by atoms with Crippen LogP contribution in [-0.4, -0.2) is 27.2 Å². The number of hydrogen-bond acceptors (Lipinski definition) is 5. The monoisotopic (exact) mass is 330 g/mol. The van der Waals surface area contributed by atoms with Crippen LogP contribution in [0.4, 0.5) is 5.69 Å². The fourth-order valence-corrected chi connectivity index (χ4v) is 2.89. The van der Waals surface area contributed by atoms with E-state index >= 15 is 0 Å². The summed E-state index contributed by atoms with van der Waals surface area (Å²) in [5.41, 5.74) is 1.64. The largest absolute Gasteiger partial charge is 0.349 e. The van der Waals surface area contributed by atoms with E-state index in [1.807, 2.05) is 32.0 Å². The molecule has 0 atom stereocenters. The van der Waals surface area contributed by atoms with Crippen molar-refractivity contribution in [2.24, 2.45) is 5.92 Å². The molecule has 23 heavy (non-hydrogen) atoms. The van der Waals surface area contributed by atoms with Crippen molar-refractivity contribution < 1.29 is 9.59 Å². The SMILES string of the molecule is CC(C)NC(=O)c1snc(-c2ccccn2)c1NC(=O)C1CC1. The maximum Gasteiger partial charge on any atom is 0.265 e. The zero-order valence-corrected chi connectivity index (χ0v) is 13.8. The predicted octanol–water partition coefficient (Wildman–Crippen LogP) is 2.69. The van der Waals surface area contributed by atoms with Crippen molar-refractivity contribution in [2.75, 3.05) is 5.32 Å². The normalized spacial score (nSPS) is 13.9. The lowest BCUT2D eigenvalue weighted by atomic mass is 10.2. The highest BCUT2D eigenvalue weighted by atomic mass is 32.1. The van der Waals surface area contributed by atoms with Crippen molar-refractivity contribution in [1.29, 1.82) is 0 Å². The molecule has 7 heteroatoms. The minimum absolute atomic E-state index is 0.00915.